The molecule has 1 rings (SSSR count). The fourth-order valence-corrected chi connectivity index (χ4v) is 1.46. The van der Waals surface area contributed by atoms with E-state index < -0.39 is 5.97 Å². The number of rotatable bonds is 4. The molecule has 66 valence electrons. The summed E-state index contributed by atoms with van der Waals surface area (Å²) in [6.45, 7) is 2.80. The molecule has 1 aromatic rings. The molecule has 0 saturated carbocycles. The number of hydrogen-bond donors (Lipinski definition) is 2. The van der Waals surface area contributed by atoms with Crippen LogP contribution in [-0.4, -0.2) is 22.6 Å². The molecule has 0 aliphatic rings. The van der Waals surface area contributed by atoms with E-state index in [9.17, 15) is 4.79 Å². The lowest BCUT2D eigenvalue weighted by atomic mass is 10.4. The molecule has 0 spiro atoms. The Morgan fingerprint density at radius 3 is 3.17 bits per heavy atom. The summed E-state index contributed by atoms with van der Waals surface area (Å²) in [5, 5.41) is 12.3. The fourth-order valence-electron chi connectivity index (χ4n) is 0.762. The molecule has 12 heavy (non-hydrogen) atoms. The Morgan fingerprint density at radius 1 is 1.83 bits per heavy atom. The number of thiazole rings is 1. The third-order valence-corrected chi connectivity index (χ3v) is 2.09. The predicted molar refractivity (Wildman–Crippen MR) is 47.9 cm³/mol. The van der Waals surface area contributed by atoms with Crippen LogP contribution in [0.3, 0.4) is 0 Å². The zero-order valence-electron chi connectivity index (χ0n) is 6.70. The summed E-state index contributed by atoms with van der Waals surface area (Å²) < 4.78 is 0. The van der Waals surface area contributed by atoms with Crippen molar-refractivity contribution >= 4 is 22.3 Å². The van der Waals surface area contributed by atoms with Gasteiger partial charge in [0.15, 0.2) is 5.69 Å². The first-order valence-electron chi connectivity index (χ1n) is 3.66. The van der Waals surface area contributed by atoms with Gasteiger partial charge < -0.3 is 10.4 Å². The third-order valence-electron chi connectivity index (χ3n) is 1.31. The van der Waals surface area contributed by atoms with Crippen molar-refractivity contribution in [2.24, 2.45) is 0 Å². The van der Waals surface area contributed by atoms with Crippen molar-refractivity contribution in [3.05, 3.63) is 11.2 Å². The van der Waals surface area contributed by atoms with Crippen LogP contribution in [0.15, 0.2) is 5.51 Å². The fraction of sp³-hybridized carbons (Fsp3) is 0.429. The highest BCUT2D eigenvalue weighted by molar-refractivity contribution is 7.14. The van der Waals surface area contributed by atoms with Crippen LogP contribution in [0, 0.1) is 0 Å². The highest BCUT2D eigenvalue weighted by atomic mass is 32.1. The van der Waals surface area contributed by atoms with E-state index in [0.29, 0.717) is 5.00 Å². The molecule has 0 bridgehead atoms. The van der Waals surface area contributed by atoms with Gasteiger partial charge >= 0.3 is 5.97 Å². The second kappa shape index (κ2) is 4.06. The van der Waals surface area contributed by atoms with Crippen LogP contribution in [0.5, 0.6) is 0 Å². The van der Waals surface area contributed by atoms with E-state index in [-0.39, 0.29) is 5.69 Å². The summed E-state index contributed by atoms with van der Waals surface area (Å²) in [4.78, 5) is 14.3. The van der Waals surface area contributed by atoms with Gasteiger partial charge in [-0.1, -0.05) is 6.92 Å². The Balaban J connectivity index is 2.70. The molecular formula is C7H10N2O2S. The second-order valence-corrected chi connectivity index (χ2v) is 3.12. The standard InChI is InChI=1S/C7H10N2O2S/c1-2-3-8-6-5(7(10)11)9-4-12-6/h4,8H,2-3H2,1H3,(H,10,11). The highest BCUT2D eigenvalue weighted by Gasteiger charge is 2.11. The number of nitrogens with one attached hydrogen (secondary N) is 1. The summed E-state index contributed by atoms with van der Waals surface area (Å²) >= 11 is 1.31. The second-order valence-electron chi connectivity index (χ2n) is 2.26. The lowest BCUT2D eigenvalue weighted by Gasteiger charge is -2.00. The van der Waals surface area contributed by atoms with E-state index in [1.807, 2.05) is 6.92 Å². The lowest BCUT2D eigenvalue weighted by molar-refractivity contribution is 0.0692. The molecule has 0 aliphatic heterocycles. The molecule has 0 amide bonds. The minimum Gasteiger partial charge on any atom is -0.476 e. The number of hydrogen-bond acceptors (Lipinski definition) is 4. The first-order valence-corrected chi connectivity index (χ1v) is 4.54. The predicted octanol–water partition coefficient (Wildman–Crippen LogP) is 1.66. The molecule has 0 unspecified atom stereocenters. The Hall–Kier alpha value is -1.10. The van der Waals surface area contributed by atoms with Gasteiger partial charge in [-0.25, -0.2) is 9.78 Å². The summed E-state index contributed by atoms with van der Waals surface area (Å²) in [6.07, 6.45) is 0.969. The van der Waals surface area contributed by atoms with Gasteiger partial charge in [0.1, 0.15) is 5.00 Å². The van der Waals surface area contributed by atoms with Crippen molar-refractivity contribution in [3.63, 3.8) is 0 Å². The molecule has 0 radical (unpaired) electrons. The minimum absolute atomic E-state index is 0.119. The lowest BCUT2D eigenvalue weighted by Crippen LogP contribution is -2.04. The van der Waals surface area contributed by atoms with Crippen LogP contribution < -0.4 is 5.32 Å². The van der Waals surface area contributed by atoms with Crippen LogP contribution in [-0.2, 0) is 0 Å². The molecule has 0 saturated heterocycles. The van der Waals surface area contributed by atoms with Crippen LogP contribution in [0.2, 0.25) is 0 Å². The maximum Gasteiger partial charge on any atom is 0.357 e. The van der Waals surface area contributed by atoms with Gasteiger partial charge in [-0.05, 0) is 6.42 Å². The summed E-state index contributed by atoms with van der Waals surface area (Å²) in [5.41, 5.74) is 1.65. The quantitative estimate of drug-likeness (QED) is 0.750. The molecule has 2 N–H and O–H groups in total. The van der Waals surface area contributed by atoms with Gasteiger partial charge in [-0.3, -0.25) is 0 Å². The summed E-state index contributed by atoms with van der Waals surface area (Å²) in [7, 11) is 0. The van der Waals surface area contributed by atoms with E-state index in [1.54, 1.807) is 0 Å². The van der Waals surface area contributed by atoms with E-state index >= 15 is 0 Å². The Kier molecular flexibility index (Phi) is 3.04. The van der Waals surface area contributed by atoms with Gasteiger partial charge in [-0.15, -0.1) is 11.3 Å². The normalized spacial score (nSPS) is 9.75. The summed E-state index contributed by atoms with van der Waals surface area (Å²) in [5.74, 6) is -0.977. The van der Waals surface area contributed by atoms with Gasteiger partial charge in [-0.2, -0.15) is 0 Å². The maximum absolute atomic E-state index is 10.6. The van der Waals surface area contributed by atoms with Crippen molar-refractivity contribution in [1.29, 1.82) is 0 Å². The molecule has 1 heterocycles. The van der Waals surface area contributed by atoms with Gasteiger partial charge in [0, 0.05) is 6.54 Å². The van der Waals surface area contributed by atoms with Crippen molar-refractivity contribution in [2.45, 2.75) is 13.3 Å². The number of aromatic carboxylic acids is 1. The monoisotopic (exact) mass is 186 g/mol. The molecular weight excluding hydrogens is 176 g/mol. The van der Waals surface area contributed by atoms with Crippen LogP contribution >= 0.6 is 11.3 Å². The number of anilines is 1. The molecule has 4 nitrogen and oxygen atoms in total. The number of carbonyl (C=O) groups is 1. The van der Waals surface area contributed by atoms with E-state index in [4.69, 9.17) is 5.11 Å². The van der Waals surface area contributed by atoms with Gasteiger partial charge in [0.05, 0.1) is 5.51 Å². The molecule has 0 aliphatic carbocycles. The molecule has 0 aromatic carbocycles. The maximum atomic E-state index is 10.6. The van der Waals surface area contributed by atoms with Crippen molar-refractivity contribution in [1.82, 2.24) is 4.98 Å². The molecule has 1 aromatic heterocycles. The molecule has 0 fully saturated rings. The number of carboxylic acids is 1. The largest absolute Gasteiger partial charge is 0.476 e. The zero-order valence-corrected chi connectivity index (χ0v) is 7.52. The van der Waals surface area contributed by atoms with Crippen LogP contribution in [0.25, 0.3) is 0 Å². The number of aromatic nitrogens is 1. The van der Waals surface area contributed by atoms with Crippen LogP contribution in [0.4, 0.5) is 5.00 Å². The van der Waals surface area contributed by atoms with Crippen molar-refractivity contribution in [2.75, 3.05) is 11.9 Å². The number of nitrogens with zero attached hydrogens (tertiary/aromatic N) is 1. The first-order chi connectivity index (χ1) is 5.75. The molecule has 0 atom stereocenters. The average Bonchev–Trinajstić information content (AvgIpc) is 2.48. The van der Waals surface area contributed by atoms with Crippen molar-refractivity contribution in [3.8, 4) is 0 Å². The Labute approximate surface area is 74.3 Å². The topological polar surface area (TPSA) is 62.2 Å². The average molecular weight is 186 g/mol. The minimum atomic E-state index is -0.977. The van der Waals surface area contributed by atoms with Crippen LogP contribution in [0.1, 0.15) is 23.8 Å². The van der Waals surface area contributed by atoms with Crippen molar-refractivity contribution < 1.29 is 9.90 Å². The highest BCUT2D eigenvalue weighted by Crippen LogP contribution is 2.19. The third kappa shape index (κ3) is 1.94. The Bertz CT molecular complexity index is 272. The Morgan fingerprint density at radius 2 is 2.58 bits per heavy atom. The smallest absolute Gasteiger partial charge is 0.357 e. The zero-order chi connectivity index (χ0) is 8.97. The molecule has 5 heteroatoms. The SMILES string of the molecule is CCCNc1scnc1C(=O)O. The first kappa shape index (κ1) is 8.99. The summed E-state index contributed by atoms with van der Waals surface area (Å²) in [6, 6.07) is 0. The van der Waals surface area contributed by atoms with E-state index in [2.05, 4.69) is 10.3 Å². The van der Waals surface area contributed by atoms with Gasteiger partial charge in [0.2, 0.25) is 0 Å². The van der Waals surface area contributed by atoms with Gasteiger partial charge in [0.25, 0.3) is 0 Å². The number of carboxylic acid groups (broad SMARTS) is 1. The van der Waals surface area contributed by atoms with E-state index in [0.717, 1.165) is 13.0 Å². The van der Waals surface area contributed by atoms with E-state index in [1.165, 1.54) is 16.8 Å².